The van der Waals surface area contributed by atoms with E-state index >= 15 is 0 Å². The number of nitrogens with one attached hydrogen (secondary N) is 2. The molecular weight excluding hydrogens is 392 g/mol. The molecule has 0 saturated carbocycles. The van der Waals surface area contributed by atoms with Crippen molar-refractivity contribution in [2.75, 3.05) is 11.1 Å². The van der Waals surface area contributed by atoms with E-state index in [-0.39, 0.29) is 18.1 Å². The smallest absolute Gasteiger partial charge is 0.287 e. The highest BCUT2D eigenvalue weighted by molar-refractivity contribution is 7.99. The van der Waals surface area contributed by atoms with Crippen molar-refractivity contribution in [3.05, 3.63) is 59.8 Å². The maximum absolute atomic E-state index is 13.6. The number of para-hydroxylation sites is 1. The summed E-state index contributed by atoms with van der Waals surface area (Å²) in [7, 11) is 1.67. The molecule has 2 amide bonds. The van der Waals surface area contributed by atoms with Crippen LogP contribution in [0.5, 0.6) is 0 Å². The van der Waals surface area contributed by atoms with Crippen molar-refractivity contribution in [3.63, 3.8) is 0 Å². The van der Waals surface area contributed by atoms with E-state index in [1.807, 2.05) is 0 Å². The second kappa shape index (κ2) is 8.65. The van der Waals surface area contributed by atoms with Gasteiger partial charge >= 0.3 is 0 Å². The number of thioether (sulfide) groups is 1. The SMILES string of the molecule is Cn1c(CNC(=O)c2ccco2)nnc1SCC(=O)Nc1c(F)cccc1F. The van der Waals surface area contributed by atoms with Crippen LogP contribution in [0.3, 0.4) is 0 Å². The Bertz CT molecular complexity index is 971. The Kier molecular flexibility index (Phi) is 6.04. The number of benzene rings is 1. The lowest BCUT2D eigenvalue weighted by Crippen LogP contribution is -2.24. The fraction of sp³-hybridized carbons (Fsp3) is 0.176. The average Bonchev–Trinajstić information content (AvgIpc) is 3.32. The number of anilines is 1. The lowest BCUT2D eigenvalue weighted by atomic mass is 10.3. The van der Waals surface area contributed by atoms with E-state index in [0.29, 0.717) is 11.0 Å². The number of carbonyl (C=O) groups is 2. The Balaban J connectivity index is 1.54. The molecule has 1 aromatic carbocycles. The van der Waals surface area contributed by atoms with Gasteiger partial charge in [-0.2, -0.15) is 0 Å². The Labute approximate surface area is 162 Å². The van der Waals surface area contributed by atoms with Gasteiger partial charge in [-0.05, 0) is 24.3 Å². The molecule has 2 N–H and O–H groups in total. The van der Waals surface area contributed by atoms with Crippen molar-refractivity contribution >= 4 is 29.3 Å². The number of hydrogen-bond acceptors (Lipinski definition) is 6. The highest BCUT2D eigenvalue weighted by atomic mass is 32.2. The van der Waals surface area contributed by atoms with Crippen molar-refractivity contribution in [1.29, 1.82) is 0 Å². The summed E-state index contributed by atoms with van der Waals surface area (Å²) in [5, 5.41) is 13.1. The summed E-state index contributed by atoms with van der Waals surface area (Å²) in [5.74, 6) is -2.19. The van der Waals surface area contributed by atoms with Crippen LogP contribution in [0.2, 0.25) is 0 Å². The Hall–Kier alpha value is -3.21. The van der Waals surface area contributed by atoms with Gasteiger partial charge in [0.05, 0.1) is 18.6 Å². The number of halogens is 2. The molecule has 0 bridgehead atoms. The minimum absolute atomic E-state index is 0.107. The average molecular weight is 407 g/mol. The van der Waals surface area contributed by atoms with Crippen molar-refractivity contribution < 1.29 is 22.8 Å². The molecule has 0 aliphatic heterocycles. The van der Waals surface area contributed by atoms with Crippen LogP contribution in [-0.2, 0) is 18.4 Å². The summed E-state index contributed by atoms with van der Waals surface area (Å²) in [6.45, 7) is 0.107. The molecule has 2 aromatic heterocycles. The monoisotopic (exact) mass is 407 g/mol. The first kappa shape index (κ1) is 19.5. The molecule has 0 aliphatic rings. The van der Waals surface area contributed by atoms with Crippen LogP contribution < -0.4 is 10.6 Å². The molecule has 8 nitrogen and oxygen atoms in total. The second-order valence-electron chi connectivity index (χ2n) is 5.55. The standard InChI is InChI=1S/C17H15F2N5O3S/c1-24-13(8-20-16(26)12-6-3-7-27-12)22-23-17(24)28-9-14(25)21-15-10(18)4-2-5-11(15)19/h2-7H,8-9H2,1H3,(H,20,26)(H,21,25). The fourth-order valence-electron chi connectivity index (χ4n) is 2.20. The van der Waals surface area contributed by atoms with Crippen molar-refractivity contribution in [3.8, 4) is 0 Å². The minimum Gasteiger partial charge on any atom is -0.459 e. The van der Waals surface area contributed by atoms with Crippen LogP contribution >= 0.6 is 11.8 Å². The minimum atomic E-state index is -0.855. The van der Waals surface area contributed by atoms with E-state index in [1.165, 1.54) is 18.4 Å². The van der Waals surface area contributed by atoms with Crippen molar-refractivity contribution in [2.45, 2.75) is 11.7 Å². The topological polar surface area (TPSA) is 102 Å². The zero-order valence-corrected chi connectivity index (χ0v) is 15.4. The number of hydrogen-bond donors (Lipinski definition) is 2. The van der Waals surface area contributed by atoms with E-state index < -0.39 is 29.1 Å². The molecule has 0 atom stereocenters. The fourth-order valence-corrected chi connectivity index (χ4v) is 2.93. The van der Waals surface area contributed by atoms with Crippen LogP contribution in [-0.4, -0.2) is 32.3 Å². The number of nitrogens with zero attached hydrogens (tertiary/aromatic N) is 3. The van der Waals surface area contributed by atoms with Crippen LogP contribution in [0.15, 0.2) is 46.2 Å². The van der Waals surface area contributed by atoms with Gasteiger partial charge in [0.2, 0.25) is 5.91 Å². The summed E-state index contributed by atoms with van der Waals surface area (Å²) in [6.07, 6.45) is 1.39. The molecule has 0 fully saturated rings. The molecule has 0 saturated heterocycles. The molecule has 0 spiro atoms. The summed E-state index contributed by atoms with van der Waals surface area (Å²) in [6, 6.07) is 6.45. The van der Waals surface area contributed by atoms with E-state index in [9.17, 15) is 18.4 Å². The molecule has 0 radical (unpaired) electrons. The summed E-state index contributed by atoms with van der Waals surface area (Å²) < 4.78 is 33.7. The van der Waals surface area contributed by atoms with Crippen LogP contribution in [0.25, 0.3) is 0 Å². The molecule has 2 heterocycles. The molecule has 0 unspecified atom stereocenters. The predicted octanol–water partition coefficient (Wildman–Crippen LogP) is 2.35. The Morgan fingerprint density at radius 1 is 1.18 bits per heavy atom. The van der Waals surface area contributed by atoms with Crippen LogP contribution in [0.1, 0.15) is 16.4 Å². The summed E-state index contributed by atoms with van der Waals surface area (Å²) >= 11 is 1.04. The van der Waals surface area contributed by atoms with Gasteiger partial charge in [0, 0.05) is 7.05 Å². The van der Waals surface area contributed by atoms with E-state index in [0.717, 1.165) is 23.9 Å². The maximum atomic E-state index is 13.6. The van der Waals surface area contributed by atoms with E-state index in [4.69, 9.17) is 4.42 Å². The van der Waals surface area contributed by atoms with Gasteiger partial charge in [0.1, 0.15) is 17.3 Å². The van der Waals surface area contributed by atoms with Crippen molar-refractivity contribution in [2.24, 2.45) is 7.05 Å². The van der Waals surface area contributed by atoms with Gasteiger partial charge in [0.15, 0.2) is 16.7 Å². The maximum Gasteiger partial charge on any atom is 0.287 e. The molecule has 146 valence electrons. The molecule has 3 aromatic rings. The van der Waals surface area contributed by atoms with Crippen LogP contribution in [0.4, 0.5) is 14.5 Å². The van der Waals surface area contributed by atoms with Gasteiger partial charge in [-0.15, -0.1) is 10.2 Å². The first-order valence-electron chi connectivity index (χ1n) is 8.02. The quantitative estimate of drug-likeness (QED) is 0.583. The molecular formula is C17H15F2N5O3S. The third-order valence-electron chi connectivity index (χ3n) is 3.64. The van der Waals surface area contributed by atoms with Gasteiger partial charge in [-0.1, -0.05) is 17.8 Å². The largest absolute Gasteiger partial charge is 0.459 e. The van der Waals surface area contributed by atoms with E-state index in [2.05, 4.69) is 20.8 Å². The highest BCUT2D eigenvalue weighted by Crippen LogP contribution is 2.20. The summed E-state index contributed by atoms with van der Waals surface area (Å²) in [4.78, 5) is 23.8. The zero-order valence-electron chi connectivity index (χ0n) is 14.6. The van der Waals surface area contributed by atoms with Gasteiger partial charge in [0.25, 0.3) is 5.91 Å². The first-order chi connectivity index (χ1) is 13.5. The molecule has 28 heavy (non-hydrogen) atoms. The van der Waals surface area contributed by atoms with Gasteiger partial charge in [-0.25, -0.2) is 8.78 Å². The van der Waals surface area contributed by atoms with E-state index in [1.54, 1.807) is 17.7 Å². The van der Waals surface area contributed by atoms with Gasteiger partial charge < -0.3 is 19.6 Å². The number of furan rings is 1. The lowest BCUT2D eigenvalue weighted by Gasteiger charge is -2.07. The summed E-state index contributed by atoms with van der Waals surface area (Å²) in [5.41, 5.74) is -0.493. The third-order valence-corrected chi connectivity index (χ3v) is 4.66. The van der Waals surface area contributed by atoms with Gasteiger partial charge in [-0.3, -0.25) is 9.59 Å². The zero-order chi connectivity index (χ0) is 20.1. The van der Waals surface area contributed by atoms with Crippen molar-refractivity contribution in [1.82, 2.24) is 20.1 Å². The highest BCUT2D eigenvalue weighted by Gasteiger charge is 2.16. The van der Waals surface area contributed by atoms with Crippen LogP contribution in [0, 0.1) is 11.6 Å². The predicted molar refractivity (Wildman–Crippen MR) is 96.6 cm³/mol. The molecule has 11 heteroatoms. The number of amides is 2. The third kappa shape index (κ3) is 4.55. The first-order valence-corrected chi connectivity index (χ1v) is 9.01. The number of carbonyl (C=O) groups excluding carboxylic acids is 2. The second-order valence-corrected chi connectivity index (χ2v) is 6.49. The Morgan fingerprint density at radius 2 is 1.93 bits per heavy atom. The normalized spacial score (nSPS) is 10.7. The molecule has 0 aliphatic carbocycles. The molecule has 3 rings (SSSR count). The lowest BCUT2D eigenvalue weighted by molar-refractivity contribution is -0.113. The Morgan fingerprint density at radius 3 is 2.61 bits per heavy atom. The number of aromatic nitrogens is 3. The number of rotatable bonds is 7.